The molecule has 0 radical (unpaired) electrons. The molecular formula is C21H17N3O3S. The van der Waals surface area contributed by atoms with Gasteiger partial charge in [0, 0.05) is 24.2 Å². The number of non-ortho nitro benzene ring substituents is 1. The van der Waals surface area contributed by atoms with E-state index in [1.54, 1.807) is 12.1 Å². The Hall–Kier alpha value is -3.32. The van der Waals surface area contributed by atoms with Gasteiger partial charge in [0.15, 0.2) is 4.80 Å². The highest BCUT2D eigenvalue weighted by Gasteiger charge is 2.13. The second kappa shape index (κ2) is 7.36. The number of nitro groups is 1. The summed E-state index contributed by atoms with van der Waals surface area (Å²) in [6, 6.07) is 18.1. The summed E-state index contributed by atoms with van der Waals surface area (Å²) in [5.41, 5.74) is 1.40. The van der Waals surface area contributed by atoms with Gasteiger partial charge in [-0.2, -0.15) is 4.99 Å². The minimum absolute atomic E-state index is 0.0322. The van der Waals surface area contributed by atoms with Gasteiger partial charge in [-0.1, -0.05) is 48.6 Å². The van der Waals surface area contributed by atoms with Gasteiger partial charge in [0.25, 0.3) is 11.6 Å². The van der Waals surface area contributed by atoms with Crippen molar-refractivity contribution >= 4 is 43.9 Å². The highest BCUT2D eigenvalue weighted by molar-refractivity contribution is 7.16. The van der Waals surface area contributed by atoms with Crippen LogP contribution in [0.15, 0.2) is 65.7 Å². The fraction of sp³-hybridized carbons (Fsp3) is 0.143. The van der Waals surface area contributed by atoms with E-state index in [2.05, 4.69) is 4.99 Å². The number of carbonyl (C=O) groups is 1. The molecule has 0 atom stereocenters. The first kappa shape index (κ1) is 18.1. The molecule has 0 bridgehead atoms. The largest absolute Gasteiger partial charge is 0.316 e. The first-order valence-corrected chi connectivity index (χ1v) is 9.74. The first-order valence-electron chi connectivity index (χ1n) is 8.92. The lowest BCUT2D eigenvalue weighted by atomic mass is 10.1. The predicted octanol–water partition coefficient (Wildman–Crippen LogP) is 4.92. The molecule has 0 N–H and O–H groups in total. The highest BCUT2D eigenvalue weighted by Crippen LogP contribution is 2.24. The van der Waals surface area contributed by atoms with Crippen LogP contribution >= 0.6 is 11.3 Å². The van der Waals surface area contributed by atoms with E-state index >= 15 is 0 Å². The Morgan fingerprint density at radius 1 is 1.11 bits per heavy atom. The molecule has 1 heterocycles. The third-order valence-electron chi connectivity index (χ3n) is 4.52. The van der Waals surface area contributed by atoms with Crippen molar-refractivity contribution in [1.29, 1.82) is 0 Å². The monoisotopic (exact) mass is 391 g/mol. The van der Waals surface area contributed by atoms with Gasteiger partial charge >= 0.3 is 0 Å². The van der Waals surface area contributed by atoms with Gasteiger partial charge in [-0.3, -0.25) is 14.9 Å². The number of nitrogens with zero attached hydrogens (tertiary/aromatic N) is 3. The molecule has 0 saturated heterocycles. The summed E-state index contributed by atoms with van der Waals surface area (Å²) in [5.74, 6) is -0.323. The number of fused-ring (bicyclic) bond motifs is 2. The van der Waals surface area contributed by atoms with E-state index in [0.717, 1.165) is 27.4 Å². The Morgan fingerprint density at radius 3 is 2.64 bits per heavy atom. The van der Waals surface area contributed by atoms with Crippen molar-refractivity contribution < 1.29 is 9.72 Å². The molecule has 0 aliphatic carbocycles. The molecule has 4 aromatic rings. The van der Waals surface area contributed by atoms with Crippen LogP contribution in [0.25, 0.3) is 21.0 Å². The molecule has 140 valence electrons. The number of rotatable bonds is 4. The lowest BCUT2D eigenvalue weighted by Crippen LogP contribution is -2.16. The normalized spacial score (nSPS) is 12.0. The Bertz CT molecular complexity index is 1290. The number of carbonyl (C=O) groups excluding carboxylic acids is 1. The van der Waals surface area contributed by atoms with Crippen molar-refractivity contribution in [3.63, 3.8) is 0 Å². The standard InChI is InChI=1S/C21H17N3O3S/c1-2-11-23-18-10-9-17(24(26)27)13-19(18)28-21(23)22-20(25)16-8-7-14-5-3-4-6-15(14)12-16/h3-10,12-13H,2,11H2,1H3. The quantitative estimate of drug-likeness (QED) is 0.366. The lowest BCUT2D eigenvalue weighted by Gasteiger charge is -2.03. The number of thiazole rings is 1. The van der Waals surface area contributed by atoms with Gasteiger partial charge in [0.05, 0.1) is 15.1 Å². The molecule has 1 amide bonds. The van der Waals surface area contributed by atoms with Crippen LogP contribution in [-0.4, -0.2) is 15.4 Å². The second-order valence-corrected chi connectivity index (χ2v) is 7.43. The van der Waals surface area contributed by atoms with Crippen molar-refractivity contribution in [3.05, 3.63) is 81.1 Å². The number of amides is 1. The Labute approximate surface area is 164 Å². The average Bonchev–Trinajstić information content (AvgIpc) is 3.04. The van der Waals surface area contributed by atoms with Crippen LogP contribution in [0.5, 0.6) is 0 Å². The molecule has 3 aromatic carbocycles. The van der Waals surface area contributed by atoms with E-state index in [0.29, 0.717) is 16.9 Å². The van der Waals surface area contributed by atoms with Gasteiger partial charge in [0.1, 0.15) is 0 Å². The summed E-state index contributed by atoms with van der Waals surface area (Å²) in [6.45, 7) is 2.72. The fourth-order valence-electron chi connectivity index (χ4n) is 3.17. The smallest absolute Gasteiger partial charge is 0.279 e. The minimum atomic E-state index is -0.416. The summed E-state index contributed by atoms with van der Waals surface area (Å²) >= 11 is 1.29. The van der Waals surface area contributed by atoms with E-state index in [1.807, 2.05) is 47.9 Å². The van der Waals surface area contributed by atoms with Crippen molar-refractivity contribution in [1.82, 2.24) is 4.57 Å². The number of hydrogen-bond donors (Lipinski definition) is 0. The fourth-order valence-corrected chi connectivity index (χ4v) is 4.26. The van der Waals surface area contributed by atoms with Gasteiger partial charge in [-0.05, 0) is 35.4 Å². The molecule has 0 spiro atoms. The zero-order chi connectivity index (χ0) is 19.7. The van der Waals surface area contributed by atoms with Gasteiger partial charge in [-0.25, -0.2) is 0 Å². The third-order valence-corrected chi connectivity index (χ3v) is 5.56. The van der Waals surface area contributed by atoms with Crippen LogP contribution in [0.2, 0.25) is 0 Å². The van der Waals surface area contributed by atoms with E-state index in [4.69, 9.17) is 0 Å². The summed E-state index contributed by atoms with van der Waals surface area (Å²) in [4.78, 5) is 28.3. The molecule has 6 nitrogen and oxygen atoms in total. The zero-order valence-corrected chi connectivity index (χ0v) is 16.0. The number of hydrogen-bond acceptors (Lipinski definition) is 4. The predicted molar refractivity (Wildman–Crippen MR) is 111 cm³/mol. The number of aromatic nitrogens is 1. The SMILES string of the molecule is CCCn1c(=NC(=O)c2ccc3ccccc3c2)sc2cc([N+](=O)[O-])ccc21. The second-order valence-electron chi connectivity index (χ2n) is 6.42. The topological polar surface area (TPSA) is 77.5 Å². The molecule has 0 aliphatic heterocycles. The highest BCUT2D eigenvalue weighted by atomic mass is 32.1. The number of aryl methyl sites for hydroxylation is 1. The molecule has 0 fully saturated rings. The van der Waals surface area contributed by atoms with Crippen LogP contribution in [0, 0.1) is 10.1 Å². The summed E-state index contributed by atoms with van der Waals surface area (Å²) in [5, 5.41) is 13.1. The van der Waals surface area contributed by atoms with Crippen LogP contribution in [-0.2, 0) is 6.54 Å². The van der Waals surface area contributed by atoms with Gasteiger partial charge in [0.2, 0.25) is 0 Å². The molecule has 0 unspecified atom stereocenters. The summed E-state index contributed by atoms with van der Waals surface area (Å²) in [7, 11) is 0. The van der Waals surface area contributed by atoms with E-state index in [9.17, 15) is 14.9 Å². The maximum absolute atomic E-state index is 12.8. The van der Waals surface area contributed by atoms with E-state index in [-0.39, 0.29) is 11.6 Å². The number of nitro benzene ring substituents is 1. The molecular weight excluding hydrogens is 374 g/mol. The maximum Gasteiger partial charge on any atom is 0.279 e. The van der Waals surface area contributed by atoms with E-state index in [1.165, 1.54) is 23.5 Å². The van der Waals surface area contributed by atoms with Crippen molar-refractivity contribution in [2.45, 2.75) is 19.9 Å². The Balaban J connectivity index is 1.83. The van der Waals surface area contributed by atoms with E-state index < -0.39 is 4.92 Å². The van der Waals surface area contributed by atoms with Crippen molar-refractivity contribution in [2.24, 2.45) is 4.99 Å². The summed E-state index contributed by atoms with van der Waals surface area (Å²) < 4.78 is 2.69. The molecule has 0 aliphatic rings. The van der Waals surface area contributed by atoms with Crippen molar-refractivity contribution in [2.75, 3.05) is 0 Å². The first-order chi connectivity index (χ1) is 13.6. The van der Waals surface area contributed by atoms with Crippen LogP contribution in [0.3, 0.4) is 0 Å². The Morgan fingerprint density at radius 2 is 1.89 bits per heavy atom. The third kappa shape index (κ3) is 3.32. The zero-order valence-electron chi connectivity index (χ0n) is 15.2. The number of benzene rings is 3. The lowest BCUT2D eigenvalue weighted by molar-refractivity contribution is -0.384. The van der Waals surface area contributed by atoms with Crippen LogP contribution in [0.4, 0.5) is 5.69 Å². The molecule has 4 rings (SSSR count). The maximum atomic E-state index is 12.8. The van der Waals surface area contributed by atoms with Crippen molar-refractivity contribution in [3.8, 4) is 0 Å². The molecule has 0 saturated carbocycles. The molecule has 7 heteroatoms. The average molecular weight is 391 g/mol. The Kier molecular flexibility index (Phi) is 4.75. The van der Waals surface area contributed by atoms with Gasteiger partial charge < -0.3 is 4.57 Å². The molecule has 28 heavy (non-hydrogen) atoms. The van der Waals surface area contributed by atoms with Gasteiger partial charge in [-0.15, -0.1) is 0 Å². The van der Waals surface area contributed by atoms with Crippen LogP contribution in [0.1, 0.15) is 23.7 Å². The minimum Gasteiger partial charge on any atom is -0.316 e. The van der Waals surface area contributed by atoms with Crippen LogP contribution < -0.4 is 4.80 Å². The summed E-state index contributed by atoms with van der Waals surface area (Å²) in [6.07, 6.45) is 0.861. The molecule has 1 aromatic heterocycles.